The van der Waals surface area contributed by atoms with Crippen molar-refractivity contribution in [3.05, 3.63) is 35.4 Å². The Bertz CT molecular complexity index is 305. The number of nitrogens with one attached hydrogen (secondary N) is 1. The molecule has 0 spiro atoms. The summed E-state index contributed by atoms with van der Waals surface area (Å²) in [5, 5.41) is 3.42. The quantitative estimate of drug-likeness (QED) is 0.677. The van der Waals surface area contributed by atoms with E-state index >= 15 is 0 Å². The first-order chi connectivity index (χ1) is 8.72. The third-order valence-electron chi connectivity index (χ3n) is 2.76. The van der Waals surface area contributed by atoms with Crippen LogP contribution in [0.5, 0.6) is 0 Å². The summed E-state index contributed by atoms with van der Waals surface area (Å²) in [5.74, 6) is 0.605. The van der Waals surface area contributed by atoms with Gasteiger partial charge in [0.25, 0.3) is 0 Å². The normalized spacial score (nSPS) is 11.1. The fourth-order valence-electron chi connectivity index (χ4n) is 1.75. The lowest BCUT2D eigenvalue weighted by molar-refractivity contribution is 0.0971. The van der Waals surface area contributed by atoms with Crippen LogP contribution < -0.4 is 5.32 Å². The summed E-state index contributed by atoms with van der Waals surface area (Å²) in [4.78, 5) is 0. The van der Waals surface area contributed by atoms with E-state index in [0.29, 0.717) is 5.92 Å². The van der Waals surface area contributed by atoms with Gasteiger partial charge in [-0.1, -0.05) is 45.0 Å². The Hall–Kier alpha value is -0.860. The molecule has 0 radical (unpaired) electrons. The second kappa shape index (κ2) is 9.12. The summed E-state index contributed by atoms with van der Waals surface area (Å²) < 4.78 is 5.62. The zero-order valence-electron chi connectivity index (χ0n) is 12.0. The van der Waals surface area contributed by atoms with E-state index in [1.54, 1.807) is 0 Å². The lowest BCUT2D eigenvalue weighted by atomic mass is 10.1. The van der Waals surface area contributed by atoms with Crippen LogP contribution in [-0.4, -0.2) is 19.7 Å². The first kappa shape index (κ1) is 15.2. The largest absolute Gasteiger partial charge is 0.377 e. The van der Waals surface area contributed by atoms with Crippen LogP contribution in [0, 0.1) is 5.92 Å². The molecule has 0 aliphatic carbocycles. The fourth-order valence-corrected chi connectivity index (χ4v) is 1.75. The second-order valence-electron chi connectivity index (χ2n) is 5.23. The smallest absolute Gasteiger partial charge is 0.0717 e. The Kier molecular flexibility index (Phi) is 7.70. The van der Waals surface area contributed by atoms with E-state index in [9.17, 15) is 0 Å². The highest BCUT2D eigenvalue weighted by Crippen LogP contribution is 2.07. The summed E-state index contributed by atoms with van der Waals surface area (Å²) >= 11 is 0. The number of benzene rings is 1. The maximum absolute atomic E-state index is 5.62. The SMILES string of the molecule is CCCNCCc1ccc(COCC(C)C)cc1. The van der Waals surface area contributed by atoms with Crippen molar-refractivity contribution in [3.8, 4) is 0 Å². The van der Waals surface area contributed by atoms with Crippen LogP contribution in [0.3, 0.4) is 0 Å². The molecule has 2 heteroatoms. The van der Waals surface area contributed by atoms with Gasteiger partial charge in [0.15, 0.2) is 0 Å². The summed E-state index contributed by atoms with van der Waals surface area (Å²) in [6.45, 7) is 10.3. The number of hydrogen-bond donors (Lipinski definition) is 1. The van der Waals surface area contributed by atoms with E-state index in [0.717, 1.165) is 32.7 Å². The molecule has 1 aromatic rings. The van der Waals surface area contributed by atoms with Crippen LogP contribution in [0.2, 0.25) is 0 Å². The molecular weight excluding hydrogens is 222 g/mol. The van der Waals surface area contributed by atoms with Gasteiger partial charge in [-0.15, -0.1) is 0 Å². The lowest BCUT2D eigenvalue weighted by Gasteiger charge is -2.08. The molecule has 1 N–H and O–H groups in total. The van der Waals surface area contributed by atoms with Crippen molar-refractivity contribution < 1.29 is 4.74 Å². The molecule has 18 heavy (non-hydrogen) atoms. The van der Waals surface area contributed by atoms with Gasteiger partial charge in [-0.25, -0.2) is 0 Å². The topological polar surface area (TPSA) is 21.3 Å². The maximum Gasteiger partial charge on any atom is 0.0717 e. The van der Waals surface area contributed by atoms with Crippen molar-refractivity contribution >= 4 is 0 Å². The van der Waals surface area contributed by atoms with E-state index in [1.165, 1.54) is 17.5 Å². The highest BCUT2D eigenvalue weighted by Gasteiger charge is 1.97. The van der Waals surface area contributed by atoms with Crippen molar-refractivity contribution in [1.82, 2.24) is 5.32 Å². The molecular formula is C16H27NO. The fraction of sp³-hybridized carbons (Fsp3) is 0.625. The predicted molar refractivity (Wildman–Crippen MR) is 77.8 cm³/mol. The summed E-state index contributed by atoms with van der Waals surface area (Å²) in [5.41, 5.74) is 2.66. The highest BCUT2D eigenvalue weighted by molar-refractivity contribution is 5.22. The Morgan fingerprint density at radius 3 is 2.33 bits per heavy atom. The van der Waals surface area contributed by atoms with Crippen molar-refractivity contribution in [2.75, 3.05) is 19.7 Å². The van der Waals surface area contributed by atoms with Gasteiger partial charge in [-0.05, 0) is 43.0 Å². The Morgan fingerprint density at radius 1 is 1.06 bits per heavy atom. The number of rotatable bonds is 9. The van der Waals surface area contributed by atoms with Crippen LogP contribution >= 0.6 is 0 Å². The van der Waals surface area contributed by atoms with Crippen molar-refractivity contribution in [3.63, 3.8) is 0 Å². The van der Waals surface area contributed by atoms with Crippen LogP contribution in [0.25, 0.3) is 0 Å². The first-order valence-electron chi connectivity index (χ1n) is 7.08. The summed E-state index contributed by atoms with van der Waals surface area (Å²) in [6.07, 6.45) is 2.30. The van der Waals surface area contributed by atoms with Crippen LogP contribution in [0.15, 0.2) is 24.3 Å². The molecule has 0 saturated heterocycles. The first-order valence-corrected chi connectivity index (χ1v) is 7.08. The molecule has 2 nitrogen and oxygen atoms in total. The van der Waals surface area contributed by atoms with Crippen LogP contribution in [0.1, 0.15) is 38.3 Å². The van der Waals surface area contributed by atoms with Crippen LogP contribution in [-0.2, 0) is 17.8 Å². The maximum atomic E-state index is 5.62. The Labute approximate surface area is 112 Å². The lowest BCUT2D eigenvalue weighted by Crippen LogP contribution is -2.17. The van der Waals surface area contributed by atoms with Gasteiger partial charge in [0.1, 0.15) is 0 Å². The molecule has 1 aromatic carbocycles. The zero-order valence-corrected chi connectivity index (χ0v) is 12.0. The molecule has 0 bridgehead atoms. The van der Waals surface area contributed by atoms with E-state index in [4.69, 9.17) is 4.74 Å². The molecule has 0 aliphatic heterocycles. The van der Waals surface area contributed by atoms with Gasteiger partial charge < -0.3 is 10.1 Å². The van der Waals surface area contributed by atoms with Gasteiger partial charge in [-0.2, -0.15) is 0 Å². The molecule has 102 valence electrons. The van der Waals surface area contributed by atoms with Crippen molar-refractivity contribution in [2.45, 2.75) is 40.2 Å². The minimum Gasteiger partial charge on any atom is -0.377 e. The second-order valence-corrected chi connectivity index (χ2v) is 5.23. The van der Waals surface area contributed by atoms with Gasteiger partial charge in [0, 0.05) is 6.61 Å². The molecule has 0 heterocycles. The third kappa shape index (κ3) is 6.77. The number of hydrogen-bond acceptors (Lipinski definition) is 2. The molecule has 0 amide bonds. The highest BCUT2D eigenvalue weighted by atomic mass is 16.5. The summed E-state index contributed by atoms with van der Waals surface area (Å²) in [7, 11) is 0. The number of ether oxygens (including phenoxy) is 1. The van der Waals surface area contributed by atoms with Gasteiger partial charge in [0.05, 0.1) is 6.61 Å². The third-order valence-corrected chi connectivity index (χ3v) is 2.76. The van der Waals surface area contributed by atoms with E-state index < -0.39 is 0 Å². The van der Waals surface area contributed by atoms with Gasteiger partial charge in [0.2, 0.25) is 0 Å². The predicted octanol–water partition coefficient (Wildman–Crippen LogP) is 3.40. The molecule has 0 atom stereocenters. The summed E-state index contributed by atoms with van der Waals surface area (Å²) in [6, 6.07) is 8.77. The van der Waals surface area contributed by atoms with E-state index in [2.05, 4.69) is 50.4 Å². The van der Waals surface area contributed by atoms with E-state index in [1.807, 2.05) is 0 Å². The molecule has 0 aliphatic rings. The molecule has 0 saturated carbocycles. The van der Waals surface area contributed by atoms with Gasteiger partial charge in [-0.3, -0.25) is 0 Å². The van der Waals surface area contributed by atoms with Crippen molar-refractivity contribution in [1.29, 1.82) is 0 Å². The Balaban J connectivity index is 2.24. The van der Waals surface area contributed by atoms with Crippen LogP contribution in [0.4, 0.5) is 0 Å². The molecule has 0 unspecified atom stereocenters. The zero-order chi connectivity index (χ0) is 13.2. The molecule has 0 aromatic heterocycles. The molecule has 0 fully saturated rings. The average molecular weight is 249 g/mol. The standard InChI is InChI=1S/C16H27NO/c1-4-10-17-11-9-15-5-7-16(8-6-15)13-18-12-14(2)3/h5-8,14,17H,4,9-13H2,1-3H3. The van der Waals surface area contributed by atoms with E-state index in [-0.39, 0.29) is 0 Å². The minimum absolute atomic E-state index is 0.605. The monoisotopic (exact) mass is 249 g/mol. The molecule has 1 rings (SSSR count). The van der Waals surface area contributed by atoms with Crippen molar-refractivity contribution in [2.24, 2.45) is 5.92 Å². The average Bonchev–Trinajstić information content (AvgIpc) is 2.36. The van der Waals surface area contributed by atoms with Gasteiger partial charge >= 0.3 is 0 Å². The minimum atomic E-state index is 0.605. The Morgan fingerprint density at radius 2 is 1.72 bits per heavy atom.